The number of hydrogen-bond acceptors (Lipinski definition) is 6. The van der Waals surface area contributed by atoms with Gasteiger partial charge in [-0.1, -0.05) is 13.8 Å². The van der Waals surface area contributed by atoms with Gasteiger partial charge in [0.15, 0.2) is 11.3 Å². The number of amides is 1. The predicted octanol–water partition coefficient (Wildman–Crippen LogP) is 2.47. The van der Waals surface area contributed by atoms with Crippen LogP contribution in [0.25, 0.3) is 5.65 Å². The molecule has 0 bridgehead atoms. The zero-order valence-corrected chi connectivity index (χ0v) is 16.6. The molecule has 0 spiro atoms. The Morgan fingerprint density at radius 3 is 2.83 bits per heavy atom. The van der Waals surface area contributed by atoms with Crippen LogP contribution in [0.2, 0.25) is 0 Å². The number of rotatable bonds is 3. The van der Waals surface area contributed by atoms with Gasteiger partial charge in [-0.2, -0.15) is 10.4 Å². The summed E-state index contributed by atoms with van der Waals surface area (Å²) in [6.45, 7) is 6.75. The SMILES string of the molecule is CC(C)c1ccc(C#N)c(N2CCCN(C(=O)c3cc4ncccn4n3)CC2)n1. The third-order valence-electron chi connectivity index (χ3n) is 5.15. The van der Waals surface area contributed by atoms with Crippen molar-refractivity contribution in [2.24, 2.45) is 0 Å². The van der Waals surface area contributed by atoms with Crippen molar-refractivity contribution >= 4 is 17.4 Å². The number of fused-ring (bicyclic) bond motifs is 1. The van der Waals surface area contributed by atoms with Gasteiger partial charge in [-0.15, -0.1) is 0 Å². The summed E-state index contributed by atoms with van der Waals surface area (Å²) in [5.41, 5.74) is 2.59. The van der Waals surface area contributed by atoms with E-state index < -0.39 is 0 Å². The Hall–Kier alpha value is -3.47. The van der Waals surface area contributed by atoms with Crippen LogP contribution in [0.1, 0.15) is 47.9 Å². The minimum absolute atomic E-state index is 0.0956. The zero-order chi connectivity index (χ0) is 20.4. The van der Waals surface area contributed by atoms with E-state index in [2.05, 4.69) is 34.9 Å². The van der Waals surface area contributed by atoms with E-state index in [0.717, 1.165) is 18.7 Å². The monoisotopic (exact) mass is 389 g/mol. The second-order valence-electron chi connectivity index (χ2n) is 7.46. The number of nitriles is 1. The van der Waals surface area contributed by atoms with Crippen molar-refractivity contribution in [1.82, 2.24) is 24.5 Å². The second-order valence-corrected chi connectivity index (χ2v) is 7.46. The summed E-state index contributed by atoms with van der Waals surface area (Å²) in [5, 5.41) is 13.9. The highest BCUT2D eigenvalue weighted by Gasteiger charge is 2.24. The van der Waals surface area contributed by atoms with Crippen molar-refractivity contribution in [2.45, 2.75) is 26.2 Å². The largest absolute Gasteiger partial charge is 0.354 e. The van der Waals surface area contributed by atoms with Crippen LogP contribution >= 0.6 is 0 Å². The van der Waals surface area contributed by atoms with E-state index in [1.165, 1.54) is 0 Å². The lowest BCUT2D eigenvalue weighted by Gasteiger charge is -2.24. The Labute approximate surface area is 169 Å². The molecule has 4 rings (SSSR count). The molecule has 0 aromatic carbocycles. The smallest absolute Gasteiger partial charge is 0.274 e. The molecule has 29 heavy (non-hydrogen) atoms. The third kappa shape index (κ3) is 3.76. The third-order valence-corrected chi connectivity index (χ3v) is 5.15. The second kappa shape index (κ2) is 7.87. The summed E-state index contributed by atoms with van der Waals surface area (Å²) in [5.74, 6) is 0.905. The summed E-state index contributed by atoms with van der Waals surface area (Å²) in [7, 11) is 0. The Kier molecular flexibility index (Phi) is 5.12. The number of hydrogen-bond donors (Lipinski definition) is 0. The molecule has 0 atom stereocenters. The molecule has 1 aliphatic heterocycles. The van der Waals surface area contributed by atoms with Crippen LogP contribution in [-0.2, 0) is 0 Å². The molecule has 8 heteroatoms. The first-order valence-corrected chi connectivity index (χ1v) is 9.82. The molecule has 3 aromatic heterocycles. The first-order chi connectivity index (χ1) is 14.1. The van der Waals surface area contributed by atoms with Gasteiger partial charge in [0.05, 0.1) is 5.56 Å². The van der Waals surface area contributed by atoms with E-state index in [4.69, 9.17) is 4.98 Å². The lowest BCUT2D eigenvalue weighted by Crippen LogP contribution is -2.35. The van der Waals surface area contributed by atoms with Crippen molar-refractivity contribution in [3.63, 3.8) is 0 Å². The van der Waals surface area contributed by atoms with E-state index in [1.807, 2.05) is 17.0 Å². The van der Waals surface area contributed by atoms with Crippen LogP contribution in [0.3, 0.4) is 0 Å². The van der Waals surface area contributed by atoms with Crippen LogP contribution in [-0.4, -0.2) is 56.6 Å². The first kappa shape index (κ1) is 18.9. The maximum Gasteiger partial charge on any atom is 0.274 e. The van der Waals surface area contributed by atoms with Crippen molar-refractivity contribution < 1.29 is 4.79 Å². The molecule has 1 fully saturated rings. The fourth-order valence-corrected chi connectivity index (χ4v) is 3.54. The standard InChI is InChI=1S/C21H23N7O/c1-15(2)17-6-5-16(14-22)20(24-17)26-8-4-9-27(12-11-26)21(29)18-13-19-23-7-3-10-28(19)25-18/h3,5-7,10,13,15H,4,8-9,11-12H2,1-2H3. The van der Waals surface area contributed by atoms with Gasteiger partial charge < -0.3 is 9.80 Å². The molecule has 1 saturated heterocycles. The highest BCUT2D eigenvalue weighted by atomic mass is 16.2. The van der Waals surface area contributed by atoms with E-state index in [-0.39, 0.29) is 11.8 Å². The maximum absolute atomic E-state index is 13.0. The quantitative estimate of drug-likeness (QED) is 0.683. The van der Waals surface area contributed by atoms with Gasteiger partial charge in [-0.25, -0.2) is 14.5 Å². The van der Waals surface area contributed by atoms with Crippen molar-refractivity contribution in [3.05, 3.63) is 53.6 Å². The summed E-state index contributed by atoms with van der Waals surface area (Å²) >= 11 is 0. The summed E-state index contributed by atoms with van der Waals surface area (Å²) in [6.07, 6.45) is 4.26. The molecule has 148 valence electrons. The summed E-state index contributed by atoms with van der Waals surface area (Å²) < 4.78 is 1.61. The number of carbonyl (C=O) groups is 1. The molecule has 1 amide bonds. The Morgan fingerprint density at radius 1 is 1.21 bits per heavy atom. The average molecular weight is 389 g/mol. The summed E-state index contributed by atoms with van der Waals surface area (Å²) in [6, 6.07) is 9.50. The van der Waals surface area contributed by atoms with Crippen molar-refractivity contribution in [2.75, 3.05) is 31.1 Å². The molecule has 0 unspecified atom stereocenters. The molecule has 0 aliphatic carbocycles. The van der Waals surface area contributed by atoms with Gasteiger partial charge in [0.2, 0.25) is 0 Å². The molecule has 0 saturated carbocycles. The molecule has 3 aromatic rings. The molecular formula is C21H23N7O. The van der Waals surface area contributed by atoms with E-state index >= 15 is 0 Å². The average Bonchev–Trinajstić information content (AvgIpc) is 3.02. The number of anilines is 1. The molecular weight excluding hydrogens is 366 g/mol. The van der Waals surface area contributed by atoms with Gasteiger partial charge in [-0.3, -0.25) is 4.79 Å². The predicted molar refractivity (Wildman–Crippen MR) is 109 cm³/mol. The minimum atomic E-state index is -0.0956. The van der Waals surface area contributed by atoms with Crippen molar-refractivity contribution in [3.8, 4) is 6.07 Å². The van der Waals surface area contributed by atoms with Crippen molar-refractivity contribution in [1.29, 1.82) is 5.26 Å². The Bertz CT molecular complexity index is 1050. The lowest BCUT2D eigenvalue weighted by molar-refractivity contribution is 0.0760. The molecule has 0 radical (unpaired) electrons. The van der Waals surface area contributed by atoms with Crippen LogP contribution < -0.4 is 4.90 Å². The van der Waals surface area contributed by atoms with Gasteiger partial charge >= 0.3 is 0 Å². The highest BCUT2D eigenvalue weighted by Crippen LogP contribution is 2.23. The fraction of sp³-hybridized carbons (Fsp3) is 0.381. The minimum Gasteiger partial charge on any atom is -0.354 e. The number of pyridine rings is 1. The highest BCUT2D eigenvalue weighted by molar-refractivity contribution is 5.93. The first-order valence-electron chi connectivity index (χ1n) is 9.82. The van der Waals surface area contributed by atoms with E-state index in [0.29, 0.717) is 42.4 Å². The molecule has 8 nitrogen and oxygen atoms in total. The van der Waals surface area contributed by atoms with Crippen LogP contribution in [0.15, 0.2) is 36.7 Å². The molecule has 1 aliphatic rings. The number of carbonyl (C=O) groups excluding carboxylic acids is 1. The number of aromatic nitrogens is 4. The van der Waals surface area contributed by atoms with Gasteiger partial charge in [0.1, 0.15) is 11.9 Å². The van der Waals surface area contributed by atoms with Gasteiger partial charge in [0.25, 0.3) is 5.91 Å². The van der Waals surface area contributed by atoms with Crippen LogP contribution in [0, 0.1) is 11.3 Å². The Balaban J connectivity index is 1.53. The van der Waals surface area contributed by atoms with Crippen LogP contribution in [0.4, 0.5) is 5.82 Å². The topological polar surface area (TPSA) is 90.4 Å². The molecule has 0 N–H and O–H groups in total. The normalized spacial score (nSPS) is 14.8. The maximum atomic E-state index is 13.0. The Morgan fingerprint density at radius 2 is 2.07 bits per heavy atom. The zero-order valence-electron chi connectivity index (χ0n) is 16.6. The lowest BCUT2D eigenvalue weighted by atomic mass is 10.1. The van der Waals surface area contributed by atoms with E-state index in [1.54, 1.807) is 29.0 Å². The fourth-order valence-electron chi connectivity index (χ4n) is 3.54. The van der Waals surface area contributed by atoms with Gasteiger partial charge in [-0.05, 0) is 30.5 Å². The van der Waals surface area contributed by atoms with Gasteiger partial charge in [0, 0.05) is 50.3 Å². The van der Waals surface area contributed by atoms with E-state index in [9.17, 15) is 10.1 Å². The summed E-state index contributed by atoms with van der Waals surface area (Å²) in [4.78, 5) is 25.9. The number of nitrogens with zero attached hydrogens (tertiary/aromatic N) is 7. The molecule has 4 heterocycles. The van der Waals surface area contributed by atoms with Crippen LogP contribution in [0.5, 0.6) is 0 Å².